The molecule has 1 aliphatic rings. The van der Waals surface area contributed by atoms with Gasteiger partial charge in [0.15, 0.2) is 0 Å². The van der Waals surface area contributed by atoms with Crippen molar-refractivity contribution >= 4 is 6.21 Å². The van der Waals surface area contributed by atoms with E-state index in [1.807, 2.05) is 6.08 Å². The fourth-order valence-corrected chi connectivity index (χ4v) is 0.385. The molecule has 0 spiro atoms. The van der Waals surface area contributed by atoms with Gasteiger partial charge in [-0.1, -0.05) is 6.08 Å². The molecule has 0 atom stereocenters. The summed E-state index contributed by atoms with van der Waals surface area (Å²) in [5.74, 6) is 0. The first-order valence-electron chi connectivity index (χ1n) is 2.07. The molecule has 0 aliphatic carbocycles. The summed E-state index contributed by atoms with van der Waals surface area (Å²) in [5.41, 5.74) is 0. The zero-order valence-corrected chi connectivity index (χ0v) is 3.78. The third-order valence-corrected chi connectivity index (χ3v) is 0.680. The summed E-state index contributed by atoms with van der Waals surface area (Å²) in [6, 6.07) is 0. The Balaban J connectivity index is 2.49. The van der Waals surface area contributed by atoms with Crippen molar-refractivity contribution in [2.24, 2.45) is 5.10 Å². The monoisotopic (exact) mass is 98.0 g/mol. The molecule has 0 amide bonds. The lowest BCUT2D eigenvalue weighted by Gasteiger charge is -2.04. The van der Waals surface area contributed by atoms with Crippen molar-refractivity contribution in [2.45, 2.75) is 6.42 Å². The maximum atomic E-state index is 8.46. The lowest BCUT2D eigenvalue weighted by atomic mass is 10.4. The van der Waals surface area contributed by atoms with Crippen LogP contribution in [0.5, 0.6) is 0 Å². The van der Waals surface area contributed by atoms with Crippen molar-refractivity contribution in [2.75, 3.05) is 0 Å². The summed E-state index contributed by atoms with van der Waals surface area (Å²) >= 11 is 0. The van der Waals surface area contributed by atoms with Gasteiger partial charge < -0.3 is 0 Å². The second-order valence-corrected chi connectivity index (χ2v) is 1.24. The fraction of sp³-hybridized carbons (Fsp3) is 0.250. The van der Waals surface area contributed by atoms with Crippen LogP contribution in [0.4, 0.5) is 0 Å². The molecule has 0 aromatic carbocycles. The van der Waals surface area contributed by atoms with Gasteiger partial charge in [-0.15, -0.1) is 5.17 Å². The SMILES string of the molecule is ON1C=CCC=N1. The van der Waals surface area contributed by atoms with E-state index in [-0.39, 0.29) is 0 Å². The second kappa shape index (κ2) is 1.75. The van der Waals surface area contributed by atoms with E-state index >= 15 is 0 Å². The summed E-state index contributed by atoms with van der Waals surface area (Å²) in [5, 5.41) is 12.7. The zero-order chi connectivity index (χ0) is 5.11. The molecule has 0 aromatic rings. The summed E-state index contributed by atoms with van der Waals surface area (Å²) < 4.78 is 0. The maximum Gasteiger partial charge on any atom is 0.0502 e. The molecular weight excluding hydrogens is 92.1 g/mol. The lowest BCUT2D eigenvalue weighted by Crippen LogP contribution is -2.04. The highest BCUT2D eigenvalue weighted by molar-refractivity contribution is 5.59. The van der Waals surface area contributed by atoms with Crippen molar-refractivity contribution < 1.29 is 5.21 Å². The van der Waals surface area contributed by atoms with Gasteiger partial charge in [-0.3, -0.25) is 5.21 Å². The standard InChI is InChI=1S/C4H6N2O/c7-6-4-2-1-3-5-6/h2-4,7H,1H2. The molecule has 3 nitrogen and oxygen atoms in total. The number of rotatable bonds is 0. The number of hydroxylamine groups is 1. The van der Waals surface area contributed by atoms with Crippen molar-refractivity contribution in [3.63, 3.8) is 0 Å². The van der Waals surface area contributed by atoms with Crippen molar-refractivity contribution in [3.05, 3.63) is 12.3 Å². The minimum Gasteiger partial charge on any atom is -0.268 e. The predicted molar refractivity (Wildman–Crippen MR) is 25.9 cm³/mol. The molecule has 3 heteroatoms. The third kappa shape index (κ3) is 1.01. The highest BCUT2D eigenvalue weighted by Crippen LogP contribution is 1.91. The highest BCUT2D eigenvalue weighted by atomic mass is 16.5. The number of nitrogens with zero attached hydrogens (tertiary/aromatic N) is 2. The smallest absolute Gasteiger partial charge is 0.0502 e. The van der Waals surface area contributed by atoms with Gasteiger partial charge in [0.25, 0.3) is 0 Å². The molecule has 38 valence electrons. The summed E-state index contributed by atoms with van der Waals surface area (Å²) in [6.45, 7) is 0. The van der Waals surface area contributed by atoms with Crippen LogP contribution in [0.2, 0.25) is 0 Å². The van der Waals surface area contributed by atoms with E-state index in [9.17, 15) is 0 Å². The molecule has 1 heterocycles. The molecule has 0 bridgehead atoms. The Morgan fingerprint density at radius 2 is 2.57 bits per heavy atom. The first-order chi connectivity index (χ1) is 3.39. The van der Waals surface area contributed by atoms with E-state index < -0.39 is 0 Å². The molecule has 0 saturated carbocycles. The number of hydrogen-bond acceptors (Lipinski definition) is 3. The maximum absolute atomic E-state index is 8.46. The van der Waals surface area contributed by atoms with Gasteiger partial charge >= 0.3 is 0 Å². The van der Waals surface area contributed by atoms with Crippen LogP contribution in [0.3, 0.4) is 0 Å². The Kier molecular flexibility index (Phi) is 1.08. The highest BCUT2D eigenvalue weighted by Gasteiger charge is 1.87. The number of hydrogen-bond donors (Lipinski definition) is 1. The molecule has 1 rings (SSSR count). The van der Waals surface area contributed by atoms with Crippen LogP contribution in [0.1, 0.15) is 6.42 Å². The quantitative estimate of drug-likeness (QED) is 0.481. The molecule has 0 radical (unpaired) electrons. The summed E-state index contributed by atoms with van der Waals surface area (Å²) in [7, 11) is 0. The van der Waals surface area contributed by atoms with E-state index in [1.165, 1.54) is 6.20 Å². The van der Waals surface area contributed by atoms with E-state index in [2.05, 4.69) is 5.10 Å². The summed E-state index contributed by atoms with van der Waals surface area (Å²) in [6.07, 6.45) is 5.75. The van der Waals surface area contributed by atoms with Gasteiger partial charge in [-0.2, -0.15) is 5.10 Å². The van der Waals surface area contributed by atoms with Crippen LogP contribution < -0.4 is 0 Å². The average Bonchev–Trinajstić information content (AvgIpc) is 1.69. The van der Waals surface area contributed by atoms with E-state index in [1.54, 1.807) is 6.21 Å². The van der Waals surface area contributed by atoms with Crippen molar-refractivity contribution in [3.8, 4) is 0 Å². The summed E-state index contributed by atoms with van der Waals surface area (Å²) in [4.78, 5) is 0. The van der Waals surface area contributed by atoms with Crippen molar-refractivity contribution in [1.29, 1.82) is 0 Å². The van der Waals surface area contributed by atoms with Crippen molar-refractivity contribution in [1.82, 2.24) is 5.17 Å². The van der Waals surface area contributed by atoms with Gasteiger partial charge in [-0.25, -0.2) is 0 Å². The van der Waals surface area contributed by atoms with Crippen LogP contribution >= 0.6 is 0 Å². The Bertz CT molecular complexity index is 96.3. The topological polar surface area (TPSA) is 35.8 Å². The zero-order valence-electron chi connectivity index (χ0n) is 3.78. The molecule has 0 unspecified atom stereocenters. The van der Waals surface area contributed by atoms with Gasteiger partial charge in [-0.05, 0) is 0 Å². The molecule has 7 heavy (non-hydrogen) atoms. The van der Waals surface area contributed by atoms with E-state index in [0.29, 0.717) is 0 Å². The van der Waals surface area contributed by atoms with Crippen LogP contribution in [-0.4, -0.2) is 16.6 Å². The van der Waals surface area contributed by atoms with Crippen LogP contribution in [-0.2, 0) is 0 Å². The Morgan fingerprint density at radius 3 is 2.86 bits per heavy atom. The number of allylic oxidation sites excluding steroid dienone is 1. The Hall–Kier alpha value is -0.830. The van der Waals surface area contributed by atoms with E-state index in [4.69, 9.17) is 5.21 Å². The van der Waals surface area contributed by atoms with E-state index in [0.717, 1.165) is 11.6 Å². The Labute approximate surface area is 41.5 Å². The van der Waals surface area contributed by atoms with Gasteiger partial charge in [0.05, 0.1) is 6.20 Å². The molecule has 0 fully saturated rings. The molecule has 1 N–H and O–H groups in total. The Morgan fingerprint density at radius 1 is 1.71 bits per heavy atom. The largest absolute Gasteiger partial charge is 0.268 e. The van der Waals surface area contributed by atoms with Gasteiger partial charge in [0.2, 0.25) is 0 Å². The van der Waals surface area contributed by atoms with Gasteiger partial charge in [0, 0.05) is 12.6 Å². The predicted octanol–water partition coefficient (Wildman–Crippen LogP) is 0.581. The third-order valence-electron chi connectivity index (χ3n) is 0.680. The fourth-order valence-electron chi connectivity index (χ4n) is 0.385. The number of hydrazone groups is 1. The minimum atomic E-state index is 0.781. The van der Waals surface area contributed by atoms with Crippen LogP contribution in [0.25, 0.3) is 0 Å². The molecule has 1 aliphatic heterocycles. The molecule has 0 aromatic heterocycles. The average molecular weight is 98.1 g/mol. The minimum absolute atomic E-state index is 0.781. The first-order valence-corrected chi connectivity index (χ1v) is 2.07. The van der Waals surface area contributed by atoms with Crippen LogP contribution in [0, 0.1) is 0 Å². The van der Waals surface area contributed by atoms with Crippen LogP contribution in [0.15, 0.2) is 17.4 Å². The second-order valence-electron chi connectivity index (χ2n) is 1.24. The molecular formula is C4H6N2O. The first kappa shape index (κ1) is 4.33. The van der Waals surface area contributed by atoms with Gasteiger partial charge in [0.1, 0.15) is 0 Å². The normalized spacial score (nSPS) is 18.1. The lowest BCUT2D eigenvalue weighted by molar-refractivity contribution is -0.0395. The molecule has 0 saturated heterocycles.